The van der Waals surface area contributed by atoms with Crippen molar-refractivity contribution in [1.29, 1.82) is 0 Å². The van der Waals surface area contributed by atoms with Crippen molar-refractivity contribution in [3.63, 3.8) is 0 Å². The second kappa shape index (κ2) is 8.39. The maximum atomic E-state index is 13.0. The summed E-state index contributed by atoms with van der Waals surface area (Å²) in [6, 6.07) is 1.62. The zero-order valence-electron chi connectivity index (χ0n) is 15.9. The van der Waals surface area contributed by atoms with Gasteiger partial charge >= 0.3 is 0 Å². The van der Waals surface area contributed by atoms with E-state index in [1.54, 1.807) is 4.31 Å². The molecule has 0 saturated carbocycles. The van der Waals surface area contributed by atoms with E-state index < -0.39 is 10.2 Å². The van der Waals surface area contributed by atoms with Gasteiger partial charge < -0.3 is 10.2 Å². The minimum atomic E-state index is -3.50. The van der Waals surface area contributed by atoms with E-state index in [0.717, 1.165) is 24.4 Å². The SMILES string of the molecule is CCN(CC)S(=O)(=O)N1CCC[C@@H]1c1nc(CNC)cc(N(C)C)n1. The zero-order chi connectivity index (χ0) is 18.6. The molecule has 2 rings (SSSR count). The first-order valence-corrected chi connectivity index (χ1v) is 10.2. The highest BCUT2D eigenvalue weighted by Gasteiger charge is 2.39. The van der Waals surface area contributed by atoms with Gasteiger partial charge in [-0.05, 0) is 19.9 Å². The fourth-order valence-electron chi connectivity index (χ4n) is 3.13. The Balaban J connectivity index is 2.42. The van der Waals surface area contributed by atoms with Crippen LogP contribution >= 0.6 is 0 Å². The van der Waals surface area contributed by atoms with E-state index in [1.807, 2.05) is 46.0 Å². The van der Waals surface area contributed by atoms with Gasteiger partial charge in [-0.3, -0.25) is 0 Å². The first-order chi connectivity index (χ1) is 11.8. The van der Waals surface area contributed by atoms with Crippen molar-refractivity contribution >= 4 is 16.0 Å². The van der Waals surface area contributed by atoms with Crippen molar-refractivity contribution in [1.82, 2.24) is 23.9 Å². The number of rotatable bonds is 8. The van der Waals surface area contributed by atoms with Gasteiger partial charge in [0.15, 0.2) is 0 Å². The summed E-state index contributed by atoms with van der Waals surface area (Å²) < 4.78 is 29.0. The molecule has 1 aliphatic rings. The van der Waals surface area contributed by atoms with Crippen LogP contribution in [0.15, 0.2) is 6.07 Å². The van der Waals surface area contributed by atoms with E-state index in [4.69, 9.17) is 0 Å². The van der Waals surface area contributed by atoms with Gasteiger partial charge in [0.1, 0.15) is 11.6 Å². The number of nitrogens with zero attached hydrogens (tertiary/aromatic N) is 5. The van der Waals surface area contributed by atoms with Crippen molar-refractivity contribution in [2.45, 2.75) is 39.3 Å². The van der Waals surface area contributed by atoms with Gasteiger partial charge in [-0.1, -0.05) is 13.8 Å². The standard InChI is InChI=1S/C16H30N6O2S/c1-6-21(7-2)25(23,24)22-10-8-9-14(22)16-18-13(12-17-3)11-15(19-16)20(4)5/h11,14,17H,6-10,12H2,1-5H3/t14-/m1/s1. The summed E-state index contributed by atoms with van der Waals surface area (Å²) in [6.45, 7) is 5.78. The van der Waals surface area contributed by atoms with Crippen LogP contribution in [-0.4, -0.2) is 67.8 Å². The second-order valence-corrected chi connectivity index (χ2v) is 8.24. The molecule has 0 spiro atoms. The van der Waals surface area contributed by atoms with Crippen LogP contribution in [0.1, 0.15) is 44.2 Å². The fourth-order valence-corrected chi connectivity index (χ4v) is 4.96. The largest absolute Gasteiger partial charge is 0.363 e. The van der Waals surface area contributed by atoms with E-state index in [9.17, 15) is 8.42 Å². The number of hydrogen-bond donors (Lipinski definition) is 1. The predicted molar refractivity (Wildman–Crippen MR) is 99.6 cm³/mol. The number of nitrogens with one attached hydrogen (secondary N) is 1. The van der Waals surface area contributed by atoms with Gasteiger partial charge in [-0.25, -0.2) is 9.97 Å². The quantitative estimate of drug-likeness (QED) is 0.735. The third-order valence-electron chi connectivity index (χ3n) is 4.43. The first-order valence-electron chi connectivity index (χ1n) is 8.81. The lowest BCUT2D eigenvalue weighted by Gasteiger charge is -2.29. The molecule has 1 saturated heterocycles. The minimum absolute atomic E-state index is 0.305. The Morgan fingerprint density at radius 2 is 1.96 bits per heavy atom. The van der Waals surface area contributed by atoms with Gasteiger partial charge in [-0.2, -0.15) is 17.0 Å². The van der Waals surface area contributed by atoms with E-state index in [2.05, 4.69) is 15.3 Å². The molecule has 8 nitrogen and oxygen atoms in total. The summed E-state index contributed by atoms with van der Waals surface area (Å²) in [5.41, 5.74) is 0.864. The Bertz CT molecular complexity index is 675. The molecule has 1 fully saturated rings. The van der Waals surface area contributed by atoms with Crippen LogP contribution in [0.25, 0.3) is 0 Å². The average Bonchev–Trinajstić information content (AvgIpc) is 3.06. The van der Waals surface area contributed by atoms with E-state index in [0.29, 0.717) is 32.0 Å². The Hall–Kier alpha value is -1.29. The van der Waals surface area contributed by atoms with E-state index in [1.165, 1.54) is 4.31 Å². The third-order valence-corrected chi connectivity index (χ3v) is 6.63. The van der Waals surface area contributed by atoms with Crippen molar-refractivity contribution < 1.29 is 8.42 Å². The third kappa shape index (κ3) is 4.28. The summed E-state index contributed by atoms with van der Waals surface area (Å²) in [5.74, 6) is 1.38. The Morgan fingerprint density at radius 3 is 2.52 bits per heavy atom. The second-order valence-electron chi connectivity index (χ2n) is 6.36. The molecule has 0 unspecified atom stereocenters. The fraction of sp³-hybridized carbons (Fsp3) is 0.750. The molecule has 2 heterocycles. The molecule has 0 aliphatic carbocycles. The van der Waals surface area contributed by atoms with E-state index in [-0.39, 0.29) is 6.04 Å². The normalized spacial score (nSPS) is 18.9. The van der Waals surface area contributed by atoms with Crippen LogP contribution in [-0.2, 0) is 16.8 Å². The Labute approximate surface area is 151 Å². The molecular weight excluding hydrogens is 340 g/mol. The van der Waals surface area contributed by atoms with Crippen LogP contribution in [0.3, 0.4) is 0 Å². The average molecular weight is 371 g/mol. The maximum Gasteiger partial charge on any atom is 0.282 e. The molecule has 1 aliphatic heterocycles. The van der Waals surface area contributed by atoms with Crippen LogP contribution in [0.5, 0.6) is 0 Å². The lowest BCUT2D eigenvalue weighted by molar-refractivity contribution is 0.330. The first kappa shape index (κ1) is 20.0. The Morgan fingerprint density at radius 1 is 1.28 bits per heavy atom. The zero-order valence-corrected chi connectivity index (χ0v) is 16.7. The summed E-state index contributed by atoms with van der Waals surface area (Å²) in [7, 11) is 2.22. The van der Waals surface area contributed by atoms with Gasteiger partial charge in [0.25, 0.3) is 10.2 Å². The van der Waals surface area contributed by atoms with E-state index >= 15 is 0 Å². The lowest BCUT2D eigenvalue weighted by Crippen LogP contribution is -2.43. The highest BCUT2D eigenvalue weighted by Crippen LogP contribution is 2.34. The molecule has 1 atom stereocenters. The van der Waals surface area contributed by atoms with Crippen molar-refractivity contribution in [2.24, 2.45) is 0 Å². The van der Waals surface area contributed by atoms with Crippen LogP contribution in [0.2, 0.25) is 0 Å². The molecule has 142 valence electrons. The summed E-state index contributed by atoms with van der Waals surface area (Å²) in [5, 5.41) is 3.10. The molecule has 0 radical (unpaired) electrons. The molecule has 0 amide bonds. The number of anilines is 1. The molecule has 25 heavy (non-hydrogen) atoms. The lowest BCUT2D eigenvalue weighted by atomic mass is 10.2. The topological polar surface area (TPSA) is 81.7 Å². The molecule has 1 N–H and O–H groups in total. The van der Waals surface area contributed by atoms with Crippen LogP contribution in [0.4, 0.5) is 5.82 Å². The highest BCUT2D eigenvalue weighted by molar-refractivity contribution is 7.86. The van der Waals surface area contributed by atoms with Crippen molar-refractivity contribution in [2.75, 3.05) is 45.7 Å². The number of aromatic nitrogens is 2. The van der Waals surface area contributed by atoms with Gasteiger partial charge in [0.2, 0.25) is 0 Å². The molecule has 1 aromatic rings. The van der Waals surface area contributed by atoms with Crippen LogP contribution < -0.4 is 10.2 Å². The Kier molecular flexibility index (Phi) is 6.72. The smallest absolute Gasteiger partial charge is 0.282 e. The van der Waals surface area contributed by atoms with Gasteiger partial charge in [0, 0.05) is 46.3 Å². The van der Waals surface area contributed by atoms with Gasteiger partial charge in [0.05, 0.1) is 11.7 Å². The highest BCUT2D eigenvalue weighted by atomic mass is 32.2. The van der Waals surface area contributed by atoms with Crippen molar-refractivity contribution in [3.8, 4) is 0 Å². The maximum absolute atomic E-state index is 13.0. The van der Waals surface area contributed by atoms with Gasteiger partial charge in [-0.15, -0.1) is 0 Å². The predicted octanol–water partition coefficient (Wildman–Crippen LogP) is 0.986. The minimum Gasteiger partial charge on any atom is -0.363 e. The molecule has 0 aromatic carbocycles. The monoisotopic (exact) mass is 370 g/mol. The molecule has 1 aromatic heterocycles. The van der Waals surface area contributed by atoms with Crippen LogP contribution in [0, 0.1) is 0 Å². The molecular formula is C16H30N6O2S. The summed E-state index contributed by atoms with van der Waals surface area (Å²) in [4.78, 5) is 11.2. The molecule has 0 bridgehead atoms. The molecule has 9 heteroatoms. The van der Waals surface area contributed by atoms with Crippen molar-refractivity contribution in [3.05, 3.63) is 17.6 Å². The summed E-state index contributed by atoms with van der Waals surface area (Å²) >= 11 is 0. The summed E-state index contributed by atoms with van der Waals surface area (Å²) in [6.07, 6.45) is 1.57. The number of hydrogen-bond acceptors (Lipinski definition) is 6.